The minimum atomic E-state index is 0.104. The summed E-state index contributed by atoms with van der Waals surface area (Å²) >= 11 is 5.90. The number of rotatable bonds is 6. The molecule has 1 heterocycles. The van der Waals surface area contributed by atoms with Crippen LogP contribution in [0.1, 0.15) is 38.0 Å². The molecule has 0 radical (unpaired) electrons. The summed E-state index contributed by atoms with van der Waals surface area (Å²) in [6.45, 7) is 4.55. The van der Waals surface area contributed by atoms with Crippen LogP contribution in [0, 0.1) is 5.92 Å². The topological polar surface area (TPSA) is 59.2 Å². The lowest BCUT2D eigenvalue weighted by Gasteiger charge is -2.27. The third-order valence-corrected chi connectivity index (χ3v) is 4.76. The van der Waals surface area contributed by atoms with Crippen LogP contribution in [0.2, 0.25) is 5.02 Å². The molecule has 0 spiro atoms. The maximum atomic E-state index is 12.8. The molecule has 2 aromatic rings. The molecule has 6 heteroatoms. The second-order valence-electron chi connectivity index (χ2n) is 6.36. The molecular formula is C19H22ClN3O2. The summed E-state index contributed by atoms with van der Waals surface area (Å²) in [5.41, 5.74) is 0.827. The summed E-state index contributed by atoms with van der Waals surface area (Å²) in [5, 5.41) is 4.66. The highest BCUT2D eigenvalue weighted by atomic mass is 35.5. The fourth-order valence-corrected chi connectivity index (χ4v) is 3.32. The summed E-state index contributed by atoms with van der Waals surface area (Å²) in [6, 6.07) is 7.24. The van der Waals surface area contributed by atoms with Crippen LogP contribution in [0.4, 0.5) is 0 Å². The van der Waals surface area contributed by atoms with E-state index in [4.69, 9.17) is 16.1 Å². The van der Waals surface area contributed by atoms with Crippen molar-refractivity contribution in [2.24, 2.45) is 5.92 Å². The molecular weight excluding hydrogens is 338 g/mol. The Balaban J connectivity index is 1.70. The second-order valence-corrected chi connectivity index (χ2v) is 6.80. The van der Waals surface area contributed by atoms with Gasteiger partial charge in [0, 0.05) is 23.0 Å². The molecule has 1 aromatic carbocycles. The van der Waals surface area contributed by atoms with Gasteiger partial charge >= 0.3 is 0 Å². The number of carbonyl (C=O) groups excluding carboxylic acids is 1. The van der Waals surface area contributed by atoms with Crippen molar-refractivity contribution >= 4 is 17.5 Å². The summed E-state index contributed by atoms with van der Waals surface area (Å²) < 4.78 is 5.34. The summed E-state index contributed by atoms with van der Waals surface area (Å²) in [7, 11) is 0. The summed E-state index contributed by atoms with van der Waals surface area (Å²) in [5.74, 6) is 1.18. The number of benzene rings is 1. The Morgan fingerprint density at radius 1 is 1.28 bits per heavy atom. The fraction of sp³-hybridized carbons (Fsp3) is 0.421. The third kappa shape index (κ3) is 4.48. The van der Waals surface area contributed by atoms with E-state index < -0.39 is 0 Å². The van der Waals surface area contributed by atoms with Crippen molar-refractivity contribution in [3.05, 3.63) is 47.8 Å². The standard InChI is InChI=1S/C19H22ClN3O2/c1-2-12-23(19(24)15-6-4-3-5-7-15)13-17-21-18(22-25-17)14-8-10-16(20)11-9-14/h2,8-11,15H,1,3-7,12-13H2. The second kappa shape index (κ2) is 8.30. The highest BCUT2D eigenvalue weighted by Crippen LogP contribution is 2.26. The van der Waals surface area contributed by atoms with Crippen molar-refractivity contribution < 1.29 is 9.32 Å². The van der Waals surface area contributed by atoms with Crippen LogP contribution < -0.4 is 0 Å². The molecule has 0 aliphatic heterocycles. The van der Waals surface area contributed by atoms with E-state index in [1.54, 1.807) is 23.1 Å². The molecule has 1 aliphatic carbocycles. The van der Waals surface area contributed by atoms with Gasteiger partial charge in [-0.05, 0) is 37.1 Å². The van der Waals surface area contributed by atoms with Crippen LogP contribution in [0.15, 0.2) is 41.4 Å². The molecule has 1 saturated carbocycles. The zero-order chi connectivity index (χ0) is 17.6. The zero-order valence-electron chi connectivity index (χ0n) is 14.2. The summed E-state index contributed by atoms with van der Waals surface area (Å²) in [4.78, 5) is 18.9. The molecule has 1 amide bonds. The lowest BCUT2D eigenvalue weighted by Crippen LogP contribution is -2.36. The first-order chi connectivity index (χ1) is 12.2. The highest BCUT2D eigenvalue weighted by Gasteiger charge is 2.26. The Morgan fingerprint density at radius 2 is 2.00 bits per heavy atom. The average Bonchev–Trinajstić information content (AvgIpc) is 3.11. The van der Waals surface area contributed by atoms with E-state index in [1.165, 1.54) is 6.42 Å². The first-order valence-electron chi connectivity index (χ1n) is 8.65. The molecule has 5 nitrogen and oxygen atoms in total. The van der Waals surface area contributed by atoms with Crippen molar-refractivity contribution in [2.75, 3.05) is 6.54 Å². The lowest BCUT2D eigenvalue weighted by atomic mass is 9.88. The van der Waals surface area contributed by atoms with E-state index >= 15 is 0 Å². The molecule has 0 atom stereocenters. The third-order valence-electron chi connectivity index (χ3n) is 4.51. The molecule has 1 aliphatic rings. The van der Waals surface area contributed by atoms with Gasteiger partial charge in [0.05, 0.1) is 0 Å². The van der Waals surface area contributed by atoms with Gasteiger partial charge < -0.3 is 9.42 Å². The smallest absolute Gasteiger partial charge is 0.246 e. The normalized spacial score (nSPS) is 15.1. The van der Waals surface area contributed by atoms with Gasteiger partial charge in [-0.1, -0.05) is 42.1 Å². The van der Waals surface area contributed by atoms with E-state index in [1.807, 2.05) is 12.1 Å². The molecule has 0 saturated heterocycles. The Bertz CT molecular complexity index is 721. The monoisotopic (exact) mass is 359 g/mol. The Kier molecular flexibility index (Phi) is 5.87. The van der Waals surface area contributed by atoms with E-state index in [0.29, 0.717) is 29.8 Å². The number of halogens is 1. The number of hydrogen-bond acceptors (Lipinski definition) is 4. The minimum absolute atomic E-state index is 0.104. The van der Waals surface area contributed by atoms with E-state index in [9.17, 15) is 4.79 Å². The molecule has 1 fully saturated rings. The maximum Gasteiger partial charge on any atom is 0.246 e. The molecule has 25 heavy (non-hydrogen) atoms. The van der Waals surface area contributed by atoms with Gasteiger partial charge in [-0.15, -0.1) is 6.58 Å². The van der Waals surface area contributed by atoms with Gasteiger partial charge in [0.1, 0.15) is 6.54 Å². The highest BCUT2D eigenvalue weighted by molar-refractivity contribution is 6.30. The Hall–Kier alpha value is -2.14. The van der Waals surface area contributed by atoms with Gasteiger partial charge in [0.25, 0.3) is 0 Å². The first-order valence-corrected chi connectivity index (χ1v) is 9.03. The van der Waals surface area contributed by atoms with Crippen LogP contribution >= 0.6 is 11.6 Å². The SMILES string of the molecule is C=CCN(Cc1nc(-c2ccc(Cl)cc2)no1)C(=O)C1CCCCC1. The molecule has 3 rings (SSSR count). The van der Waals surface area contributed by atoms with E-state index in [0.717, 1.165) is 31.2 Å². The van der Waals surface area contributed by atoms with E-state index in [2.05, 4.69) is 16.7 Å². The Labute approximate surface area is 152 Å². The van der Waals surface area contributed by atoms with Gasteiger partial charge in [-0.2, -0.15) is 4.98 Å². The number of nitrogens with zero attached hydrogens (tertiary/aromatic N) is 3. The van der Waals surface area contributed by atoms with Crippen molar-refractivity contribution in [3.63, 3.8) is 0 Å². The number of carbonyl (C=O) groups is 1. The molecule has 1 aromatic heterocycles. The van der Waals surface area contributed by atoms with Gasteiger partial charge in [0.15, 0.2) is 0 Å². The van der Waals surface area contributed by atoms with Crippen molar-refractivity contribution in [3.8, 4) is 11.4 Å². The van der Waals surface area contributed by atoms with Crippen molar-refractivity contribution in [1.82, 2.24) is 15.0 Å². The maximum absolute atomic E-state index is 12.8. The van der Waals surface area contributed by atoms with E-state index in [-0.39, 0.29) is 11.8 Å². The Morgan fingerprint density at radius 3 is 2.68 bits per heavy atom. The predicted octanol–water partition coefficient (Wildman–Crippen LogP) is 4.48. The van der Waals surface area contributed by atoms with Crippen molar-refractivity contribution in [1.29, 1.82) is 0 Å². The molecule has 0 bridgehead atoms. The fourth-order valence-electron chi connectivity index (χ4n) is 3.19. The lowest BCUT2D eigenvalue weighted by molar-refractivity contribution is -0.137. The molecule has 0 N–H and O–H groups in total. The number of aromatic nitrogens is 2. The van der Waals surface area contributed by atoms with Crippen LogP contribution in [0.25, 0.3) is 11.4 Å². The minimum Gasteiger partial charge on any atom is -0.337 e. The first kappa shape index (κ1) is 17.7. The van der Waals surface area contributed by atoms with Crippen LogP contribution in [0.5, 0.6) is 0 Å². The summed E-state index contributed by atoms with van der Waals surface area (Å²) in [6.07, 6.45) is 7.13. The van der Waals surface area contributed by atoms with Gasteiger partial charge in [-0.3, -0.25) is 4.79 Å². The van der Waals surface area contributed by atoms with Gasteiger partial charge in [0.2, 0.25) is 17.6 Å². The average molecular weight is 360 g/mol. The van der Waals surface area contributed by atoms with Crippen molar-refractivity contribution in [2.45, 2.75) is 38.6 Å². The van der Waals surface area contributed by atoms with Crippen LogP contribution in [-0.2, 0) is 11.3 Å². The van der Waals surface area contributed by atoms with Crippen LogP contribution in [0.3, 0.4) is 0 Å². The quantitative estimate of drug-likeness (QED) is 0.713. The molecule has 0 unspecified atom stereocenters. The number of hydrogen-bond donors (Lipinski definition) is 0. The van der Waals surface area contributed by atoms with Gasteiger partial charge in [-0.25, -0.2) is 0 Å². The predicted molar refractivity (Wildman–Crippen MR) is 96.9 cm³/mol. The molecule has 132 valence electrons. The van der Waals surface area contributed by atoms with Crippen LogP contribution in [-0.4, -0.2) is 27.5 Å². The number of amides is 1. The largest absolute Gasteiger partial charge is 0.337 e. The zero-order valence-corrected chi connectivity index (χ0v) is 14.9.